The molecule has 0 saturated carbocycles. The van der Waals surface area contributed by atoms with Crippen molar-refractivity contribution < 1.29 is 0 Å². The Kier molecular flexibility index (Phi) is 8.27. The average Bonchev–Trinajstić information content (AvgIpc) is 2.25. The Bertz CT molecular complexity index is 222. The largest absolute Gasteiger partial charge is 0.306 e. The normalized spacial score (nSPS) is 15.0. The van der Waals surface area contributed by atoms with Crippen molar-refractivity contribution in [3.05, 3.63) is 0 Å². The lowest BCUT2D eigenvalue weighted by Gasteiger charge is -2.48. The second kappa shape index (κ2) is 8.29. The summed E-state index contributed by atoms with van der Waals surface area (Å²) in [6.07, 6.45) is 9.72. The van der Waals surface area contributed by atoms with E-state index in [4.69, 9.17) is 0 Å². The predicted octanol–water partition coefficient (Wildman–Crippen LogP) is 5.74. The molecule has 1 heteroatoms. The van der Waals surface area contributed by atoms with Crippen LogP contribution in [-0.2, 0) is 0 Å². The number of hydrogen-bond donors (Lipinski definition) is 0. The van der Waals surface area contributed by atoms with Crippen LogP contribution in [0.25, 0.3) is 0 Å². The smallest absolute Gasteiger partial charge is 0.0145 e. The Labute approximate surface area is 123 Å². The molecule has 0 aliphatic carbocycles. The van der Waals surface area contributed by atoms with Crippen LogP contribution in [0.5, 0.6) is 0 Å². The molecule has 0 heterocycles. The van der Waals surface area contributed by atoms with E-state index < -0.39 is 0 Å². The van der Waals surface area contributed by atoms with Crippen molar-refractivity contribution in [1.29, 1.82) is 0 Å². The Hall–Kier alpha value is -0.0400. The minimum Gasteiger partial charge on any atom is -0.306 e. The van der Waals surface area contributed by atoms with Gasteiger partial charge >= 0.3 is 0 Å². The summed E-state index contributed by atoms with van der Waals surface area (Å²) < 4.78 is 0. The molecule has 0 aromatic carbocycles. The van der Waals surface area contributed by atoms with Crippen LogP contribution in [0.1, 0.15) is 86.5 Å². The van der Waals surface area contributed by atoms with Gasteiger partial charge in [-0.15, -0.1) is 0 Å². The summed E-state index contributed by atoms with van der Waals surface area (Å²) in [7, 11) is 4.49. The Morgan fingerprint density at radius 3 is 1.68 bits per heavy atom. The summed E-state index contributed by atoms with van der Waals surface area (Å²) in [6, 6.07) is 0.679. The van der Waals surface area contributed by atoms with E-state index in [2.05, 4.69) is 60.5 Å². The van der Waals surface area contributed by atoms with Crippen molar-refractivity contribution in [3.8, 4) is 0 Å². The average molecular weight is 270 g/mol. The highest BCUT2D eigenvalue weighted by Gasteiger charge is 2.40. The van der Waals surface area contributed by atoms with Crippen LogP contribution in [0.3, 0.4) is 0 Å². The summed E-state index contributed by atoms with van der Waals surface area (Å²) >= 11 is 0. The van der Waals surface area contributed by atoms with Gasteiger partial charge in [0, 0.05) is 6.04 Å². The Morgan fingerprint density at radius 1 is 0.789 bits per heavy atom. The van der Waals surface area contributed by atoms with E-state index in [1.165, 1.54) is 44.9 Å². The van der Waals surface area contributed by atoms with E-state index in [1.54, 1.807) is 0 Å². The number of rotatable bonds is 9. The lowest BCUT2D eigenvalue weighted by Crippen LogP contribution is -2.48. The van der Waals surface area contributed by atoms with Gasteiger partial charge in [-0.1, -0.05) is 80.1 Å². The molecule has 0 aliphatic heterocycles. The minimum absolute atomic E-state index is 0.347. The summed E-state index contributed by atoms with van der Waals surface area (Å²) in [5.74, 6) is 0. The Balaban J connectivity index is 4.28. The third-order valence-corrected chi connectivity index (χ3v) is 5.22. The van der Waals surface area contributed by atoms with E-state index in [0.29, 0.717) is 16.9 Å². The van der Waals surface area contributed by atoms with Crippen LogP contribution in [0.2, 0.25) is 0 Å². The molecule has 0 aromatic rings. The van der Waals surface area contributed by atoms with Gasteiger partial charge in [-0.3, -0.25) is 0 Å². The van der Waals surface area contributed by atoms with Crippen molar-refractivity contribution >= 4 is 0 Å². The fraction of sp³-hybridized carbons (Fsp3) is 1.00. The molecule has 0 spiro atoms. The third kappa shape index (κ3) is 6.29. The van der Waals surface area contributed by atoms with Gasteiger partial charge in [-0.2, -0.15) is 0 Å². The van der Waals surface area contributed by atoms with Gasteiger partial charge in [-0.05, 0) is 31.3 Å². The molecular formula is C18H39N. The zero-order valence-electron chi connectivity index (χ0n) is 15.0. The first-order valence-corrected chi connectivity index (χ1v) is 8.31. The van der Waals surface area contributed by atoms with Gasteiger partial charge in [0.05, 0.1) is 0 Å². The molecule has 1 nitrogen and oxygen atoms in total. The topological polar surface area (TPSA) is 3.24 Å². The van der Waals surface area contributed by atoms with Crippen molar-refractivity contribution in [2.24, 2.45) is 10.8 Å². The van der Waals surface area contributed by atoms with Crippen molar-refractivity contribution in [2.75, 3.05) is 14.1 Å². The molecule has 0 aromatic heterocycles. The quantitative estimate of drug-likeness (QED) is 0.482. The zero-order chi connectivity index (χ0) is 15.1. The van der Waals surface area contributed by atoms with Crippen LogP contribution in [0.4, 0.5) is 0 Å². The summed E-state index contributed by atoms with van der Waals surface area (Å²) in [5.41, 5.74) is 0.698. The Morgan fingerprint density at radius 2 is 1.26 bits per heavy atom. The first-order chi connectivity index (χ1) is 8.64. The highest BCUT2D eigenvalue weighted by Crippen LogP contribution is 2.43. The van der Waals surface area contributed by atoms with E-state index >= 15 is 0 Å². The second-order valence-corrected chi connectivity index (χ2v) is 8.01. The second-order valence-electron chi connectivity index (χ2n) is 8.01. The summed E-state index contributed by atoms with van der Waals surface area (Å²) in [6.45, 7) is 14.3. The van der Waals surface area contributed by atoms with Crippen LogP contribution in [0.15, 0.2) is 0 Å². The highest BCUT2D eigenvalue weighted by molar-refractivity contribution is 4.92. The molecular weight excluding hydrogens is 230 g/mol. The molecule has 0 N–H and O–H groups in total. The fourth-order valence-electron chi connectivity index (χ4n) is 2.88. The lowest BCUT2D eigenvalue weighted by atomic mass is 9.63. The molecule has 0 amide bonds. The van der Waals surface area contributed by atoms with Gasteiger partial charge in [0.2, 0.25) is 0 Å². The maximum Gasteiger partial charge on any atom is 0.0145 e. The van der Waals surface area contributed by atoms with E-state index in [0.717, 1.165) is 0 Å². The molecule has 116 valence electrons. The molecule has 1 unspecified atom stereocenters. The van der Waals surface area contributed by atoms with Crippen molar-refractivity contribution in [1.82, 2.24) is 4.90 Å². The fourth-order valence-corrected chi connectivity index (χ4v) is 2.88. The highest BCUT2D eigenvalue weighted by atomic mass is 15.1. The van der Waals surface area contributed by atoms with Crippen molar-refractivity contribution in [2.45, 2.75) is 92.5 Å². The van der Waals surface area contributed by atoms with Crippen LogP contribution < -0.4 is 0 Å². The molecule has 0 bridgehead atoms. The molecule has 0 aliphatic rings. The predicted molar refractivity (Wildman–Crippen MR) is 88.7 cm³/mol. The molecule has 19 heavy (non-hydrogen) atoms. The standard InChI is InChI=1S/C18H39N/c1-9-10-11-12-13-14-15-16(19(7)8)18(5,6)17(2,3)4/h16H,9-15H2,1-8H3. The van der Waals surface area contributed by atoms with Gasteiger partial charge in [0.1, 0.15) is 0 Å². The lowest BCUT2D eigenvalue weighted by molar-refractivity contribution is 0.0213. The van der Waals surface area contributed by atoms with E-state index in [1.807, 2.05) is 0 Å². The van der Waals surface area contributed by atoms with E-state index in [9.17, 15) is 0 Å². The molecule has 1 atom stereocenters. The molecule has 0 rings (SSSR count). The maximum absolute atomic E-state index is 2.44. The number of unbranched alkanes of at least 4 members (excludes halogenated alkanes) is 5. The van der Waals surface area contributed by atoms with Gasteiger partial charge in [0.25, 0.3) is 0 Å². The first-order valence-electron chi connectivity index (χ1n) is 8.31. The molecule has 0 fully saturated rings. The zero-order valence-corrected chi connectivity index (χ0v) is 15.0. The van der Waals surface area contributed by atoms with Crippen LogP contribution in [-0.4, -0.2) is 25.0 Å². The minimum atomic E-state index is 0.347. The van der Waals surface area contributed by atoms with Gasteiger partial charge in [0.15, 0.2) is 0 Å². The van der Waals surface area contributed by atoms with E-state index in [-0.39, 0.29) is 0 Å². The number of nitrogens with zero attached hydrogens (tertiary/aromatic N) is 1. The SMILES string of the molecule is CCCCCCCCC(N(C)C)C(C)(C)C(C)(C)C. The van der Waals surface area contributed by atoms with Crippen molar-refractivity contribution in [3.63, 3.8) is 0 Å². The third-order valence-electron chi connectivity index (χ3n) is 5.22. The molecule has 0 saturated heterocycles. The summed E-state index contributed by atoms with van der Waals surface area (Å²) in [5, 5.41) is 0. The first kappa shape index (κ1) is 19.0. The van der Waals surface area contributed by atoms with Gasteiger partial charge in [-0.25, -0.2) is 0 Å². The van der Waals surface area contributed by atoms with Crippen LogP contribution >= 0.6 is 0 Å². The maximum atomic E-state index is 2.44. The van der Waals surface area contributed by atoms with Crippen LogP contribution in [0, 0.1) is 10.8 Å². The monoisotopic (exact) mass is 269 g/mol. The molecule has 0 radical (unpaired) electrons. The number of hydrogen-bond acceptors (Lipinski definition) is 1. The summed E-state index contributed by atoms with van der Waals surface area (Å²) in [4.78, 5) is 2.44. The van der Waals surface area contributed by atoms with Gasteiger partial charge < -0.3 is 4.90 Å².